The molecule has 0 saturated heterocycles. The van der Waals surface area contributed by atoms with Crippen LogP contribution in [0, 0.1) is 0 Å². The molecule has 3 rings (SSSR count). The molecule has 1 aliphatic heterocycles. The van der Waals surface area contributed by atoms with Gasteiger partial charge < -0.3 is 15.1 Å². The van der Waals surface area contributed by atoms with Crippen molar-refractivity contribution in [3.8, 4) is 11.5 Å². The first-order valence-corrected chi connectivity index (χ1v) is 6.85. The molecule has 0 fully saturated rings. The molecule has 1 unspecified atom stereocenters. The second-order valence-electron chi connectivity index (χ2n) is 5.13. The van der Waals surface area contributed by atoms with Crippen molar-refractivity contribution >= 4 is 17.8 Å². The normalized spacial score (nSPS) is 17.2. The van der Waals surface area contributed by atoms with Crippen LogP contribution in [0.5, 0.6) is 11.5 Å². The molecule has 1 aliphatic rings. The van der Waals surface area contributed by atoms with Gasteiger partial charge in [-0.15, -0.1) is 0 Å². The Morgan fingerprint density at radius 1 is 1.05 bits per heavy atom. The first kappa shape index (κ1) is 13.3. The van der Waals surface area contributed by atoms with Gasteiger partial charge in [0.1, 0.15) is 0 Å². The van der Waals surface area contributed by atoms with Crippen LogP contribution in [0.1, 0.15) is 11.1 Å². The van der Waals surface area contributed by atoms with Gasteiger partial charge in [0.25, 0.3) is 0 Å². The van der Waals surface area contributed by atoms with Gasteiger partial charge in [-0.05, 0) is 29.3 Å². The number of nitrogens with zero attached hydrogens (tertiary/aromatic N) is 1. The predicted molar refractivity (Wildman–Crippen MR) is 86.5 cm³/mol. The molecule has 21 heavy (non-hydrogen) atoms. The topological polar surface area (TPSA) is 43.7 Å². The van der Waals surface area contributed by atoms with Gasteiger partial charge in [0, 0.05) is 12.7 Å². The fourth-order valence-electron chi connectivity index (χ4n) is 2.49. The largest absolute Gasteiger partial charge is 0.504 e. The molecule has 0 radical (unpaired) electrons. The van der Waals surface area contributed by atoms with Crippen LogP contribution in [0.15, 0.2) is 54.6 Å². The number of aromatic hydroxyl groups is 2. The number of anilines is 1. The SMILES string of the molecule is CN1c2ccccc2C=CC1/C=C/c1ccc(O)c(O)c1. The lowest BCUT2D eigenvalue weighted by molar-refractivity contribution is 0.403. The highest BCUT2D eigenvalue weighted by Gasteiger charge is 2.15. The van der Waals surface area contributed by atoms with Crippen LogP contribution in [0.4, 0.5) is 5.69 Å². The number of para-hydroxylation sites is 1. The van der Waals surface area contributed by atoms with E-state index in [4.69, 9.17) is 0 Å². The number of rotatable bonds is 2. The molecule has 0 bridgehead atoms. The van der Waals surface area contributed by atoms with Gasteiger partial charge in [0.2, 0.25) is 0 Å². The molecule has 0 saturated carbocycles. The molecule has 0 spiro atoms. The highest BCUT2D eigenvalue weighted by Crippen LogP contribution is 2.29. The molecule has 0 aromatic heterocycles. The van der Waals surface area contributed by atoms with Crippen LogP contribution in [0.2, 0.25) is 0 Å². The molecule has 0 aliphatic carbocycles. The van der Waals surface area contributed by atoms with Gasteiger partial charge in [-0.25, -0.2) is 0 Å². The minimum absolute atomic E-state index is 0.101. The smallest absolute Gasteiger partial charge is 0.157 e. The third-order valence-corrected chi connectivity index (χ3v) is 3.72. The van der Waals surface area contributed by atoms with Gasteiger partial charge >= 0.3 is 0 Å². The van der Waals surface area contributed by atoms with Crippen molar-refractivity contribution in [1.82, 2.24) is 0 Å². The van der Waals surface area contributed by atoms with E-state index in [9.17, 15) is 10.2 Å². The van der Waals surface area contributed by atoms with E-state index in [2.05, 4.69) is 42.3 Å². The lowest BCUT2D eigenvalue weighted by atomic mass is 10.0. The Kier molecular flexibility index (Phi) is 3.40. The van der Waals surface area contributed by atoms with Crippen molar-refractivity contribution in [2.75, 3.05) is 11.9 Å². The molecule has 1 atom stereocenters. The number of hydrogen-bond donors (Lipinski definition) is 2. The number of fused-ring (bicyclic) bond motifs is 1. The minimum atomic E-state index is -0.102. The van der Waals surface area contributed by atoms with Gasteiger partial charge in [-0.1, -0.05) is 48.6 Å². The first-order chi connectivity index (χ1) is 10.1. The third kappa shape index (κ3) is 2.63. The third-order valence-electron chi connectivity index (χ3n) is 3.72. The monoisotopic (exact) mass is 279 g/mol. The van der Waals surface area contributed by atoms with Crippen molar-refractivity contribution in [2.45, 2.75) is 6.04 Å². The Labute approximate surface area is 124 Å². The zero-order valence-corrected chi connectivity index (χ0v) is 11.8. The fourth-order valence-corrected chi connectivity index (χ4v) is 2.49. The summed E-state index contributed by atoms with van der Waals surface area (Å²) in [5.74, 6) is -0.203. The van der Waals surface area contributed by atoms with E-state index < -0.39 is 0 Å². The first-order valence-electron chi connectivity index (χ1n) is 6.85. The highest BCUT2D eigenvalue weighted by atomic mass is 16.3. The van der Waals surface area contributed by atoms with Crippen LogP contribution in [0.25, 0.3) is 12.2 Å². The van der Waals surface area contributed by atoms with E-state index in [-0.39, 0.29) is 17.5 Å². The molecule has 1 heterocycles. The van der Waals surface area contributed by atoms with Gasteiger partial charge in [0.15, 0.2) is 11.5 Å². The number of phenols is 2. The molecule has 106 valence electrons. The zero-order valence-electron chi connectivity index (χ0n) is 11.8. The lowest BCUT2D eigenvalue weighted by Gasteiger charge is -2.30. The van der Waals surface area contributed by atoms with Gasteiger partial charge in [-0.2, -0.15) is 0 Å². The van der Waals surface area contributed by atoms with E-state index >= 15 is 0 Å². The maximum absolute atomic E-state index is 9.51. The van der Waals surface area contributed by atoms with Crippen LogP contribution < -0.4 is 4.90 Å². The van der Waals surface area contributed by atoms with Crippen molar-refractivity contribution in [3.63, 3.8) is 0 Å². The Hall–Kier alpha value is -2.68. The number of likely N-dealkylation sites (N-methyl/N-ethyl adjacent to an activating group) is 1. The molecule has 3 nitrogen and oxygen atoms in total. The van der Waals surface area contributed by atoms with Crippen molar-refractivity contribution in [3.05, 3.63) is 65.7 Å². The van der Waals surface area contributed by atoms with Crippen LogP contribution in [-0.4, -0.2) is 23.3 Å². The summed E-state index contributed by atoms with van der Waals surface area (Å²) < 4.78 is 0. The Morgan fingerprint density at radius 3 is 2.67 bits per heavy atom. The van der Waals surface area contributed by atoms with E-state index in [0.717, 1.165) is 5.56 Å². The van der Waals surface area contributed by atoms with Crippen LogP contribution in [0.3, 0.4) is 0 Å². The number of benzene rings is 2. The van der Waals surface area contributed by atoms with Crippen LogP contribution in [-0.2, 0) is 0 Å². The van der Waals surface area contributed by atoms with Crippen molar-refractivity contribution in [2.24, 2.45) is 0 Å². The summed E-state index contributed by atoms with van der Waals surface area (Å²) in [5.41, 5.74) is 3.26. The predicted octanol–water partition coefficient (Wildman–Crippen LogP) is 3.64. The van der Waals surface area contributed by atoms with E-state index in [1.54, 1.807) is 12.1 Å². The summed E-state index contributed by atoms with van der Waals surface area (Å²) >= 11 is 0. The molecule has 0 amide bonds. The highest BCUT2D eigenvalue weighted by molar-refractivity contribution is 5.73. The standard InChI is InChI=1S/C18H17NO2/c1-19-15(10-8-14-4-2-3-5-16(14)19)9-6-13-7-11-17(20)18(21)12-13/h2-12,15,20-21H,1H3/b9-6+. The number of phenolic OH excluding ortho intramolecular Hbond substituents is 2. The minimum Gasteiger partial charge on any atom is -0.504 e. The molecule has 3 heteroatoms. The lowest BCUT2D eigenvalue weighted by Crippen LogP contribution is -2.30. The number of hydrogen-bond acceptors (Lipinski definition) is 3. The van der Waals surface area contributed by atoms with E-state index in [0.29, 0.717) is 0 Å². The Bertz CT molecular complexity index is 719. The Balaban J connectivity index is 1.83. The summed E-state index contributed by atoms with van der Waals surface area (Å²) in [6.07, 6.45) is 8.27. The summed E-state index contributed by atoms with van der Waals surface area (Å²) in [6.45, 7) is 0. The average molecular weight is 279 g/mol. The van der Waals surface area contributed by atoms with Crippen LogP contribution >= 0.6 is 0 Å². The molecular formula is C18H17NO2. The average Bonchev–Trinajstić information content (AvgIpc) is 2.50. The quantitative estimate of drug-likeness (QED) is 0.825. The molecule has 2 N–H and O–H groups in total. The van der Waals surface area contributed by atoms with E-state index in [1.165, 1.54) is 17.3 Å². The second kappa shape index (κ2) is 5.37. The maximum atomic E-state index is 9.51. The molecular weight excluding hydrogens is 262 g/mol. The zero-order chi connectivity index (χ0) is 14.8. The van der Waals surface area contributed by atoms with Gasteiger partial charge in [0.05, 0.1) is 6.04 Å². The van der Waals surface area contributed by atoms with E-state index in [1.807, 2.05) is 18.2 Å². The van der Waals surface area contributed by atoms with Crippen molar-refractivity contribution < 1.29 is 10.2 Å². The second-order valence-corrected chi connectivity index (χ2v) is 5.13. The summed E-state index contributed by atoms with van der Waals surface area (Å²) in [6, 6.07) is 13.2. The summed E-state index contributed by atoms with van der Waals surface area (Å²) in [4.78, 5) is 2.20. The van der Waals surface area contributed by atoms with Gasteiger partial charge in [-0.3, -0.25) is 0 Å². The summed E-state index contributed by atoms with van der Waals surface area (Å²) in [5, 5.41) is 18.8. The Morgan fingerprint density at radius 2 is 1.86 bits per heavy atom. The summed E-state index contributed by atoms with van der Waals surface area (Å²) in [7, 11) is 2.06. The maximum Gasteiger partial charge on any atom is 0.157 e. The molecule has 2 aromatic rings. The van der Waals surface area contributed by atoms with Crippen molar-refractivity contribution in [1.29, 1.82) is 0 Å². The molecule has 2 aromatic carbocycles. The fraction of sp³-hybridized carbons (Fsp3) is 0.111.